The molecule has 682 valence electrons. The zero-order valence-corrected chi connectivity index (χ0v) is 74.0. The van der Waals surface area contributed by atoms with Gasteiger partial charge in [-0.2, -0.15) is 10.1 Å². The quantitative estimate of drug-likeness (QED) is 0.0120. The molecule has 1 unspecified atom stereocenters. The number of oxazole rings is 1. The Kier molecular flexibility index (Phi) is 39.4. The second-order valence-corrected chi connectivity index (χ2v) is 33.7. The average molecular weight is 1730 g/mol. The number of ketones is 4. The number of nitrogen functional groups attached to an aromatic ring is 2. The van der Waals surface area contributed by atoms with E-state index in [-0.39, 0.29) is 78.6 Å². The van der Waals surface area contributed by atoms with Gasteiger partial charge in [-0.25, -0.2) is 24.1 Å². The number of allylic oxidation sites excluding steroid dienone is 7. The van der Waals surface area contributed by atoms with Crippen LogP contribution < -0.4 is 11.5 Å². The molecule has 2 saturated heterocycles. The number of piperidine rings is 1. The molecule has 0 radical (unpaired) electrons. The number of ether oxygens (including phenoxy) is 11. The van der Waals surface area contributed by atoms with Gasteiger partial charge in [-0.05, 0) is 170 Å². The number of aliphatic hydroxyl groups is 2. The molecular weight excluding hydrogens is 1600 g/mol. The van der Waals surface area contributed by atoms with Crippen LogP contribution in [0.2, 0.25) is 0 Å². The Labute approximate surface area is 727 Å². The van der Waals surface area contributed by atoms with Crippen LogP contribution in [0, 0.1) is 35.5 Å². The van der Waals surface area contributed by atoms with E-state index in [1.54, 1.807) is 57.0 Å². The number of carbonyl (C=O) groups excluding carboxylic acids is 6. The van der Waals surface area contributed by atoms with Crippen molar-refractivity contribution < 1.29 is 99.9 Å². The van der Waals surface area contributed by atoms with Gasteiger partial charge >= 0.3 is 5.97 Å². The van der Waals surface area contributed by atoms with Gasteiger partial charge in [0.15, 0.2) is 17.0 Å². The molecular formula is C92H133N11O21. The second-order valence-electron chi connectivity index (χ2n) is 33.7. The molecule has 124 heavy (non-hydrogen) atoms. The number of rotatable bonds is 40. The van der Waals surface area contributed by atoms with Crippen LogP contribution in [0.3, 0.4) is 0 Å². The molecule has 3 fully saturated rings. The number of aliphatic hydroxyl groups excluding tert-OH is 1. The monoisotopic (exact) mass is 1730 g/mol. The molecule has 8 heterocycles. The molecule has 5 aromatic heterocycles. The van der Waals surface area contributed by atoms with Crippen molar-refractivity contribution in [2.45, 2.75) is 244 Å². The molecule has 1 aliphatic carbocycles. The first-order valence-corrected chi connectivity index (χ1v) is 44.5. The van der Waals surface area contributed by atoms with Gasteiger partial charge in [-0.15, -0.1) is 5.10 Å². The first-order valence-electron chi connectivity index (χ1n) is 44.5. The lowest BCUT2D eigenvalue weighted by Crippen LogP contribution is -2.60. The number of anilines is 2. The Balaban J connectivity index is 0.582. The number of unbranched alkanes of at least 4 members (excludes halogenated alkanes) is 3. The van der Waals surface area contributed by atoms with Crippen molar-refractivity contribution in [1.29, 1.82) is 0 Å². The lowest BCUT2D eigenvalue weighted by Gasteiger charge is -2.42. The number of hydrogen-bond donors (Lipinski definition) is 4. The first-order chi connectivity index (χ1) is 59.9. The number of fused-ring (bicyclic) bond motifs is 5. The molecule has 4 aliphatic rings. The lowest BCUT2D eigenvalue weighted by atomic mass is 9.78. The summed E-state index contributed by atoms with van der Waals surface area (Å²) in [6, 6.07) is 8.10. The number of esters is 1. The zero-order valence-electron chi connectivity index (χ0n) is 74.0. The van der Waals surface area contributed by atoms with Gasteiger partial charge in [-0.1, -0.05) is 88.3 Å². The fourth-order valence-corrected chi connectivity index (χ4v) is 17.0. The minimum Gasteiger partial charge on any atom is -0.469 e. The van der Waals surface area contributed by atoms with Gasteiger partial charge in [0.1, 0.15) is 65.0 Å². The number of amides is 1. The predicted octanol–water partition coefficient (Wildman–Crippen LogP) is 11.6. The zero-order chi connectivity index (χ0) is 88.5. The fraction of sp³-hybridized carbons (Fsp3) is 0.652. The Morgan fingerprint density at radius 3 is 2.19 bits per heavy atom. The van der Waals surface area contributed by atoms with Crippen LogP contribution in [0.5, 0.6) is 0 Å². The van der Waals surface area contributed by atoms with Crippen molar-refractivity contribution in [2.24, 2.45) is 35.5 Å². The van der Waals surface area contributed by atoms with Crippen molar-refractivity contribution >= 4 is 69.0 Å². The summed E-state index contributed by atoms with van der Waals surface area (Å²) in [4.78, 5) is 99.5. The third-order valence-corrected chi connectivity index (χ3v) is 24.3. The molecule has 6 aromatic rings. The number of nitrogens with two attached hydrogens (primary N) is 2. The molecule has 32 nitrogen and oxygen atoms in total. The van der Waals surface area contributed by atoms with E-state index >= 15 is 0 Å². The Hall–Kier alpha value is -8.64. The predicted molar refractivity (Wildman–Crippen MR) is 463 cm³/mol. The Morgan fingerprint density at radius 2 is 1.48 bits per heavy atom. The SMILES string of the molecule is CO[C@@H]1C[C@H](C[C@@H](C)C2CC(=O)[C@H](C)/C=C(\C)[C@@H](O)[C@@H](OC)C(=O)[C@H](C)C[C@H](C)/C=C/C=C/C=C(\C)[C@@H](c3ccco3)C[C@@H]3CC[C@@H](C)[C@@](O)(O3)C(=O)C(=O)N3CCCC[C@H]3C(=O)O2)CC[C@H]1OCCCCc1cn(CCOCCOCCOCCOCCOCCOCCC(=O)CCCCCn2nc(-c3ccc4oc(N)nc4c3)c3c(N)ncnc32)nn1. The number of cyclic esters (lactones) is 1. The molecule has 6 N–H and O–H groups in total. The van der Waals surface area contributed by atoms with Crippen molar-refractivity contribution in [1.82, 2.24) is 44.6 Å². The minimum absolute atomic E-state index is 0.0144. The van der Waals surface area contributed by atoms with Crippen LogP contribution >= 0.6 is 0 Å². The number of carbonyl (C=O) groups is 6. The fourth-order valence-electron chi connectivity index (χ4n) is 17.0. The summed E-state index contributed by atoms with van der Waals surface area (Å²) in [6.45, 7) is 19.5. The number of methoxy groups -OCH3 is 2. The molecule has 1 saturated carbocycles. The van der Waals surface area contributed by atoms with Crippen LogP contribution in [0.1, 0.15) is 188 Å². The number of benzene rings is 1. The molecule has 0 spiro atoms. The summed E-state index contributed by atoms with van der Waals surface area (Å²) in [5.74, 6) is -7.38. The van der Waals surface area contributed by atoms with Crippen molar-refractivity contribution in [2.75, 3.05) is 118 Å². The van der Waals surface area contributed by atoms with E-state index in [2.05, 4.69) is 25.3 Å². The first kappa shape index (κ1) is 97.6. The lowest BCUT2D eigenvalue weighted by molar-refractivity contribution is -0.264. The van der Waals surface area contributed by atoms with Gasteiger partial charge in [0, 0.05) is 88.6 Å². The van der Waals surface area contributed by atoms with Crippen molar-refractivity contribution in [3.05, 3.63) is 108 Å². The van der Waals surface area contributed by atoms with E-state index < -0.39 is 71.7 Å². The maximum atomic E-state index is 14.9. The van der Waals surface area contributed by atoms with Gasteiger partial charge in [0.25, 0.3) is 17.7 Å². The largest absolute Gasteiger partial charge is 0.469 e. The molecule has 10 rings (SSSR count). The number of furan rings is 1. The van der Waals surface area contributed by atoms with Crippen LogP contribution in [-0.2, 0) is 100 Å². The molecule has 1 amide bonds. The summed E-state index contributed by atoms with van der Waals surface area (Å²) in [6.07, 6.45) is 22.9. The standard InChI is InChI=1S/C92H133N11O21/c1-60-21-12-10-13-22-61(2)72(76-26-20-38-120-76)56-71-30-27-66(7)92(111,124-71)86(108)89(109)102-34-18-15-25-74(102)90(110)122-79(57-75(105)62(3)52-65(6)84(107)85(113-9)83(106)64(5)51-60)63(4)53-67-28-31-78(80(54-67)112-8)121-37-19-16-23-69-58-101(100-98-69)36-40-115-42-44-117-46-48-119-50-49-118-47-45-116-43-41-114-39-33-70(104)24-14-11-17-35-103-88-81(87(93)95-59-96-88)82(99-103)68-29-32-77-73(55-68)97-91(94)123-77/h10,12-13,20-22,26,29,32,38,52,55,58-60,62-64,66-67,71-72,74,78-80,84-85,107,111H,11,14-19,23-25,27-28,30-31,33-37,39-51,53-54,56-57H2,1-9H3,(H2,94,97)(H2,93,95,96)/b13-10+,21-12+,61-22+,65-52+/t60-,62-,63-,64-,66-,67+,71+,72+,74+,78-,79?,80-,84-,85+,92-/m1/s1. The number of aryl methyl sites for hydroxylation is 2. The van der Waals surface area contributed by atoms with Crippen molar-refractivity contribution in [3.8, 4) is 11.3 Å². The summed E-state index contributed by atoms with van der Waals surface area (Å²) in [5.41, 5.74) is 17.5. The van der Waals surface area contributed by atoms with Crippen molar-refractivity contribution in [3.63, 3.8) is 0 Å². The highest BCUT2D eigenvalue weighted by Crippen LogP contribution is 2.42. The third-order valence-electron chi connectivity index (χ3n) is 24.3. The average Bonchev–Trinajstić information content (AvgIpc) is 1.50. The van der Waals surface area contributed by atoms with Gasteiger partial charge < -0.3 is 87.5 Å². The molecule has 1 aromatic carbocycles. The highest BCUT2D eigenvalue weighted by atomic mass is 16.6. The van der Waals surface area contributed by atoms with E-state index in [4.69, 9.17) is 77.5 Å². The number of nitrogens with zero attached hydrogens (tertiary/aromatic N) is 9. The van der Waals surface area contributed by atoms with Crippen LogP contribution in [0.4, 0.5) is 11.8 Å². The topological polar surface area (TPSA) is 413 Å². The van der Waals surface area contributed by atoms with E-state index in [9.17, 15) is 39.0 Å². The van der Waals surface area contributed by atoms with Crippen LogP contribution in [0.25, 0.3) is 33.4 Å². The van der Waals surface area contributed by atoms with Crippen LogP contribution in [0.15, 0.2) is 106 Å². The smallest absolute Gasteiger partial charge is 0.329 e. The highest BCUT2D eigenvalue weighted by molar-refractivity contribution is 6.39. The van der Waals surface area contributed by atoms with Gasteiger partial charge in [-0.3, -0.25) is 24.0 Å². The van der Waals surface area contributed by atoms with E-state index in [0.717, 1.165) is 68.2 Å². The normalized spacial score (nSPS) is 26.9. The highest BCUT2D eigenvalue weighted by Gasteiger charge is 2.53. The second kappa shape index (κ2) is 50.0. The van der Waals surface area contributed by atoms with E-state index in [0.29, 0.717) is 208 Å². The minimum atomic E-state index is -2.48. The number of aromatic nitrogens is 8. The molecule has 2 bridgehead atoms. The van der Waals surface area contributed by atoms with E-state index in [1.807, 2.05) is 87.2 Å². The Morgan fingerprint density at radius 1 is 0.742 bits per heavy atom. The Bertz CT molecular complexity index is 4460. The summed E-state index contributed by atoms with van der Waals surface area (Å²) in [5, 5.41) is 38.2. The molecule has 15 atom stereocenters. The van der Waals surface area contributed by atoms with E-state index in [1.165, 1.54) is 18.3 Å². The number of Topliss-reactive ketones (excluding diaryl/α,β-unsaturated/α-hetero) is 4. The van der Waals surface area contributed by atoms with Gasteiger partial charge in [0.05, 0.1) is 121 Å². The molecule has 32 heteroatoms. The summed E-state index contributed by atoms with van der Waals surface area (Å²) < 4.78 is 80.0. The maximum absolute atomic E-state index is 14.9. The number of hydrogen-bond acceptors (Lipinski definition) is 29. The van der Waals surface area contributed by atoms with Crippen LogP contribution in [-0.4, -0.2) is 245 Å². The molecule has 3 aliphatic heterocycles. The summed E-state index contributed by atoms with van der Waals surface area (Å²) >= 11 is 0. The maximum Gasteiger partial charge on any atom is 0.329 e. The van der Waals surface area contributed by atoms with Gasteiger partial charge in [0.2, 0.25) is 5.79 Å². The third kappa shape index (κ3) is 28.7. The summed E-state index contributed by atoms with van der Waals surface area (Å²) in [7, 11) is 3.07.